The summed E-state index contributed by atoms with van der Waals surface area (Å²) in [4.78, 5) is 10.9. The Kier molecular flexibility index (Phi) is 3.94. The van der Waals surface area contributed by atoms with Gasteiger partial charge in [-0.15, -0.1) is 0 Å². The molecule has 0 amide bonds. The van der Waals surface area contributed by atoms with Gasteiger partial charge in [-0.25, -0.2) is 0 Å². The summed E-state index contributed by atoms with van der Waals surface area (Å²) in [6.45, 7) is 3.81. The van der Waals surface area contributed by atoms with E-state index in [4.69, 9.17) is 11.6 Å². The number of carbonyl (C=O) groups is 1. The lowest BCUT2D eigenvalue weighted by Gasteiger charge is -2.27. The highest BCUT2D eigenvalue weighted by atomic mass is 35.5. The first-order chi connectivity index (χ1) is 5.30. The van der Waals surface area contributed by atoms with E-state index in [2.05, 4.69) is 0 Å². The first-order valence-electron chi connectivity index (χ1n) is 4.02. The molecule has 0 heterocycles. The van der Waals surface area contributed by atoms with Crippen LogP contribution in [0.25, 0.3) is 0 Å². The van der Waals surface area contributed by atoms with Crippen molar-refractivity contribution in [3.05, 3.63) is 11.3 Å². The Hall–Kier alpha value is -0.340. The number of hydrogen-bond acceptors (Lipinski definition) is 1. The minimum atomic E-state index is -0.347. The summed E-state index contributed by atoms with van der Waals surface area (Å²) in [5, 5.41) is -0.347. The third-order valence-electron chi connectivity index (χ3n) is 1.87. The Morgan fingerprint density at radius 1 is 1.33 bits per heavy atom. The van der Waals surface area contributed by atoms with Gasteiger partial charge in [-0.1, -0.05) is 6.92 Å². The Morgan fingerprint density at radius 2 is 1.75 bits per heavy atom. The first-order valence-corrected chi connectivity index (χ1v) is 4.40. The van der Waals surface area contributed by atoms with Crippen LogP contribution in [0.4, 0.5) is 0 Å². The molecule has 0 spiro atoms. The molecule has 0 saturated carbocycles. The normalized spacial score (nSPS) is 14.2. The van der Waals surface area contributed by atoms with Crippen molar-refractivity contribution in [2.24, 2.45) is 0 Å². The number of quaternary nitrogens is 1. The fraction of sp³-hybridized carbons (Fsp3) is 0.667. The summed E-state index contributed by atoms with van der Waals surface area (Å²) in [6.07, 6.45) is 0.855. The van der Waals surface area contributed by atoms with Gasteiger partial charge in [-0.05, 0) is 18.5 Å². The molecule has 0 bridgehead atoms. The predicted octanol–water partition coefficient (Wildman–Crippen LogP) is 2.14. The van der Waals surface area contributed by atoms with E-state index in [0.29, 0.717) is 10.1 Å². The molecule has 0 aliphatic heterocycles. The van der Waals surface area contributed by atoms with Crippen LogP contribution in [0.1, 0.15) is 20.3 Å². The maximum atomic E-state index is 10.9. The van der Waals surface area contributed by atoms with E-state index in [9.17, 15) is 4.79 Å². The SMILES string of the molecule is CCC(=C(C)C(=O)Cl)[N+](C)(C)C. The highest BCUT2D eigenvalue weighted by Crippen LogP contribution is 2.18. The van der Waals surface area contributed by atoms with Gasteiger partial charge >= 0.3 is 0 Å². The van der Waals surface area contributed by atoms with Gasteiger partial charge in [0.1, 0.15) is 5.70 Å². The van der Waals surface area contributed by atoms with Gasteiger partial charge in [0.25, 0.3) is 5.24 Å². The third kappa shape index (κ3) is 2.95. The maximum Gasteiger partial charge on any atom is 0.253 e. The Bertz CT molecular complexity index is 213. The van der Waals surface area contributed by atoms with E-state index in [1.807, 2.05) is 28.1 Å². The molecule has 0 atom stereocenters. The lowest BCUT2D eigenvalue weighted by Crippen LogP contribution is -2.34. The molecule has 3 heteroatoms. The molecule has 0 radical (unpaired) electrons. The van der Waals surface area contributed by atoms with Crippen LogP contribution in [-0.2, 0) is 4.79 Å². The van der Waals surface area contributed by atoms with Crippen LogP contribution < -0.4 is 0 Å². The van der Waals surface area contributed by atoms with Crippen molar-refractivity contribution < 1.29 is 9.28 Å². The minimum absolute atomic E-state index is 0.347. The molecule has 0 aliphatic carbocycles. The monoisotopic (exact) mass is 190 g/mol. The molecule has 0 fully saturated rings. The van der Waals surface area contributed by atoms with E-state index in [-0.39, 0.29) is 5.24 Å². The number of nitrogens with zero attached hydrogens (tertiary/aromatic N) is 1. The van der Waals surface area contributed by atoms with Gasteiger partial charge in [0.05, 0.1) is 26.7 Å². The predicted molar refractivity (Wildman–Crippen MR) is 51.9 cm³/mol. The summed E-state index contributed by atoms with van der Waals surface area (Å²) in [5.74, 6) is 0. The molecule has 0 rings (SSSR count). The fourth-order valence-electron chi connectivity index (χ4n) is 1.36. The molecule has 0 unspecified atom stereocenters. The number of halogens is 1. The second-order valence-electron chi connectivity index (χ2n) is 3.71. The van der Waals surface area contributed by atoms with Crippen molar-refractivity contribution in [2.45, 2.75) is 20.3 Å². The largest absolute Gasteiger partial charge is 0.302 e. The number of allylic oxidation sites excluding steroid dienone is 2. The molecule has 12 heavy (non-hydrogen) atoms. The average molecular weight is 191 g/mol. The summed E-state index contributed by atoms with van der Waals surface area (Å²) >= 11 is 5.40. The second-order valence-corrected chi connectivity index (χ2v) is 4.05. The molecule has 0 saturated heterocycles. The molecular formula is C9H17ClNO+. The van der Waals surface area contributed by atoms with Crippen LogP contribution >= 0.6 is 11.6 Å². The van der Waals surface area contributed by atoms with Gasteiger partial charge in [0.15, 0.2) is 0 Å². The zero-order valence-electron chi connectivity index (χ0n) is 8.44. The quantitative estimate of drug-likeness (QED) is 0.379. The molecule has 0 aromatic carbocycles. The summed E-state index contributed by atoms with van der Waals surface area (Å²) in [6, 6.07) is 0. The Labute approximate surface area is 79.4 Å². The van der Waals surface area contributed by atoms with Crippen molar-refractivity contribution in [3.8, 4) is 0 Å². The second kappa shape index (κ2) is 4.06. The molecule has 0 aliphatic rings. The van der Waals surface area contributed by atoms with Gasteiger partial charge in [0.2, 0.25) is 0 Å². The van der Waals surface area contributed by atoms with E-state index in [0.717, 1.165) is 12.1 Å². The number of carbonyl (C=O) groups excluding carboxylic acids is 1. The lowest BCUT2D eigenvalue weighted by molar-refractivity contribution is -0.833. The van der Waals surface area contributed by atoms with Gasteiger partial charge in [-0.3, -0.25) is 4.79 Å². The Balaban J connectivity index is 5.01. The van der Waals surface area contributed by atoms with Gasteiger partial charge in [-0.2, -0.15) is 0 Å². The lowest BCUT2D eigenvalue weighted by atomic mass is 10.1. The van der Waals surface area contributed by atoms with E-state index in [1.54, 1.807) is 6.92 Å². The summed E-state index contributed by atoms with van der Waals surface area (Å²) in [5.41, 5.74) is 1.75. The van der Waals surface area contributed by atoms with Crippen LogP contribution in [0.3, 0.4) is 0 Å². The molecule has 2 nitrogen and oxygen atoms in total. The zero-order chi connectivity index (χ0) is 9.94. The van der Waals surface area contributed by atoms with Crippen LogP contribution in [0.2, 0.25) is 0 Å². The zero-order valence-corrected chi connectivity index (χ0v) is 9.20. The summed E-state index contributed by atoms with van der Waals surface area (Å²) in [7, 11) is 6.09. The molecule has 0 aromatic rings. The van der Waals surface area contributed by atoms with Crippen molar-refractivity contribution in [1.82, 2.24) is 0 Å². The standard InChI is InChI=1S/C9H17ClNO/c1-6-8(11(3,4)5)7(2)9(10)12/h6H2,1-5H3/q+1. The first kappa shape index (κ1) is 11.7. The average Bonchev–Trinajstić information content (AvgIpc) is 1.85. The highest BCUT2D eigenvalue weighted by molar-refractivity contribution is 6.67. The van der Waals surface area contributed by atoms with Crippen LogP contribution in [0.15, 0.2) is 11.3 Å². The van der Waals surface area contributed by atoms with Gasteiger partial charge in [0, 0.05) is 6.42 Å². The molecule has 70 valence electrons. The Morgan fingerprint density at radius 3 is 1.83 bits per heavy atom. The number of hydrogen-bond donors (Lipinski definition) is 0. The topological polar surface area (TPSA) is 17.1 Å². The van der Waals surface area contributed by atoms with Crippen LogP contribution in [-0.4, -0.2) is 30.9 Å². The highest BCUT2D eigenvalue weighted by Gasteiger charge is 2.19. The van der Waals surface area contributed by atoms with Crippen LogP contribution in [0.5, 0.6) is 0 Å². The molecule has 0 aromatic heterocycles. The maximum absolute atomic E-state index is 10.9. The fourth-order valence-corrected chi connectivity index (χ4v) is 1.47. The van der Waals surface area contributed by atoms with E-state index >= 15 is 0 Å². The van der Waals surface area contributed by atoms with E-state index < -0.39 is 0 Å². The van der Waals surface area contributed by atoms with E-state index in [1.165, 1.54) is 0 Å². The molecule has 0 N–H and O–H groups in total. The third-order valence-corrected chi connectivity index (χ3v) is 2.16. The van der Waals surface area contributed by atoms with Crippen molar-refractivity contribution in [1.29, 1.82) is 0 Å². The van der Waals surface area contributed by atoms with Gasteiger partial charge < -0.3 is 4.48 Å². The smallest absolute Gasteiger partial charge is 0.253 e. The number of rotatable bonds is 3. The van der Waals surface area contributed by atoms with Crippen molar-refractivity contribution >= 4 is 16.8 Å². The van der Waals surface area contributed by atoms with Crippen LogP contribution in [0, 0.1) is 0 Å². The minimum Gasteiger partial charge on any atom is -0.302 e. The summed E-state index contributed by atoms with van der Waals surface area (Å²) < 4.78 is 0.667. The van der Waals surface area contributed by atoms with Crippen molar-refractivity contribution in [2.75, 3.05) is 21.1 Å². The molecular weight excluding hydrogens is 174 g/mol. The van der Waals surface area contributed by atoms with Crippen molar-refractivity contribution in [3.63, 3.8) is 0 Å².